The molecule has 11 heteroatoms. The first-order valence-electron chi connectivity index (χ1n) is 10.4. The van der Waals surface area contributed by atoms with Crippen molar-refractivity contribution in [2.24, 2.45) is 10.9 Å². The van der Waals surface area contributed by atoms with Gasteiger partial charge in [0.25, 0.3) is 11.8 Å². The number of anilines is 1. The van der Waals surface area contributed by atoms with Crippen molar-refractivity contribution in [1.29, 1.82) is 5.26 Å². The van der Waals surface area contributed by atoms with Crippen LogP contribution in [-0.4, -0.2) is 52.0 Å². The molecule has 174 valence electrons. The number of benzene rings is 1. The quantitative estimate of drug-likeness (QED) is 0.263. The summed E-state index contributed by atoms with van der Waals surface area (Å²) >= 11 is 0. The van der Waals surface area contributed by atoms with E-state index in [2.05, 4.69) is 32.5 Å². The Hall–Kier alpha value is -4.56. The molecular formula is C23H25N9O2. The summed E-state index contributed by atoms with van der Waals surface area (Å²) in [6.45, 7) is 7.30. The van der Waals surface area contributed by atoms with Gasteiger partial charge in [0, 0.05) is 26.4 Å². The van der Waals surface area contributed by atoms with Crippen molar-refractivity contribution in [3.63, 3.8) is 0 Å². The first-order valence-corrected chi connectivity index (χ1v) is 10.4. The number of carbonyl (C=O) groups excluding carboxylic acids is 2. The van der Waals surface area contributed by atoms with Crippen LogP contribution in [0.25, 0.3) is 5.82 Å². The van der Waals surface area contributed by atoms with Gasteiger partial charge in [-0.2, -0.15) is 15.5 Å². The van der Waals surface area contributed by atoms with E-state index < -0.39 is 11.8 Å². The molecule has 0 aliphatic heterocycles. The maximum absolute atomic E-state index is 13.4. The van der Waals surface area contributed by atoms with Gasteiger partial charge in [-0.1, -0.05) is 6.07 Å². The summed E-state index contributed by atoms with van der Waals surface area (Å²) in [5, 5.41) is 24.0. The van der Waals surface area contributed by atoms with Gasteiger partial charge < -0.3 is 10.6 Å². The van der Waals surface area contributed by atoms with Crippen LogP contribution in [0.1, 0.15) is 43.2 Å². The zero-order valence-electron chi connectivity index (χ0n) is 19.2. The number of aryl methyl sites for hydroxylation is 2. The SMILES string of the molecule is C=NN(N)CCc1cc(C(=O)Nc2c(C)cc(C#N)cc2C(=O)NC)n(-c2ncccc2C)n1. The fourth-order valence-corrected chi connectivity index (χ4v) is 3.38. The van der Waals surface area contributed by atoms with Crippen molar-refractivity contribution >= 4 is 24.2 Å². The minimum atomic E-state index is -0.492. The third-order valence-electron chi connectivity index (χ3n) is 5.13. The average Bonchev–Trinajstić information content (AvgIpc) is 3.27. The molecule has 0 aliphatic rings. The summed E-state index contributed by atoms with van der Waals surface area (Å²) in [5.74, 6) is 5.25. The van der Waals surface area contributed by atoms with E-state index in [4.69, 9.17) is 5.84 Å². The number of nitriles is 1. The summed E-state index contributed by atoms with van der Waals surface area (Å²) in [4.78, 5) is 30.3. The van der Waals surface area contributed by atoms with Crippen LogP contribution in [0, 0.1) is 25.2 Å². The van der Waals surface area contributed by atoms with Crippen molar-refractivity contribution in [2.45, 2.75) is 20.3 Å². The van der Waals surface area contributed by atoms with Gasteiger partial charge in [0.05, 0.1) is 35.1 Å². The number of amides is 2. The number of hydrazine groups is 1. The van der Waals surface area contributed by atoms with E-state index in [1.807, 2.05) is 19.1 Å². The van der Waals surface area contributed by atoms with E-state index in [9.17, 15) is 14.9 Å². The summed E-state index contributed by atoms with van der Waals surface area (Å²) in [7, 11) is 1.48. The normalized spacial score (nSPS) is 10.3. The molecule has 0 atom stereocenters. The molecule has 2 aromatic heterocycles. The summed E-state index contributed by atoms with van der Waals surface area (Å²) in [5.41, 5.74) is 3.01. The number of pyridine rings is 1. The van der Waals surface area contributed by atoms with Crippen LogP contribution in [-0.2, 0) is 6.42 Å². The Morgan fingerprint density at radius 3 is 2.68 bits per heavy atom. The molecule has 0 fully saturated rings. The van der Waals surface area contributed by atoms with Gasteiger partial charge in [-0.05, 0) is 49.2 Å². The first kappa shape index (κ1) is 24.1. The van der Waals surface area contributed by atoms with Crippen molar-refractivity contribution in [2.75, 3.05) is 18.9 Å². The smallest absolute Gasteiger partial charge is 0.274 e. The zero-order valence-corrected chi connectivity index (χ0v) is 19.2. The minimum Gasteiger partial charge on any atom is -0.355 e. The molecule has 0 radical (unpaired) electrons. The number of nitrogens with zero attached hydrogens (tertiary/aromatic N) is 6. The van der Waals surface area contributed by atoms with Gasteiger partial charge in [-0.25, -0.2) is 20.6 Å². The van der Waals surface area contributed by atoms with E-state index in [1.165, 1.54) is 22.9 Å². The third-order valence-corrected chi connectivity index (χ3v) is 5.13. The Balaban J connectivity index is 2.06. The Labute approximate surface area is 196 Å². The highest BCUT2D eigenvalue weighted by Gasteiger charge is 2.22. The number of hydrogen-bond donors (Lipinski definition) is 3. The topological polar surface area (TPSA) is 154 Å². The van der Waals surface area contributed by atoms with Crippen LogP contribution in [0.15, 0.2) is 41.6 Å². The predicted octanol–water partition coefficient (Wildman–Crippen LogP) is 1.70. The standard InChI is InChI=1S/C23H25N9O2/c1-14-6-5-8-28-21(14)32-19(12-17(30-32)7-9-31(25)27-4)23(34)29-20-15(2)10-16(13-24)11-18(20)22(33)26-3/h5-6,8,10-12H,4,7,9,25H2,1-3H3,(H,26,33)(H,29,34). The second-order valence-electron chi connectivity index (χ2n) is 7.49. The number of hydrogen-bond acceptors (Lipinski definition) is 8. The van der Waals surface area contributed by atoms with E-state index in [0.717, 1.165) is 5.56 Å². The molecule has 0 unspecified atom stereocenters. The van der Waals surface area contributed by atoms with Gasteiger partial charge in [-0.3, -0.25) is 9.59 Å². The second kappa shape index (κ2) is 10.4. The predicted molar refractivity (Wildman–Crippen MR) is 127 cm³/mol. The van der Waals surface area contributed by atoms with Gasteiger partial charge >= 0.3 is 0 Å². The maximum Gasteiger partial charge on any atom is 0.274 e. The lowest BCUT2D eigenvalue weighted by molar-refractivity contribution is 0.0964. The fraction of sp³-hybridized carbons (Fsp3) is 0.217. The highest BCUT2D eigenvalue weighted by Crippen LogP contribution is 2.25. The van der Waals surface area contributed by atoms with Gasteiger partial charge in [0.2, 0.25) is 0 Å². The number of rotatable bonds is 8. The van der Waals surface area contributed by atoms with Gasteiger partial charge in [0.1, 0.15) is 5.69 Å². The summed E-state index contributed by atoms with van der Waals surface area (Å²) < 4.78 is 1.46. The van der Waals surface area contributed by atoms with Crippen LogP contribution in [0.3, 0.4) is 0 Å². The summed E-state index contributed by atoms with van der Waals surface area (Å²) in [6, 6.07) is 10.4. The Kier molecular flexibility index (Phi) is 7.35. The molecular weight excluding hydrogens is 434 g/mol. The molecule has 0 saturated heterocycles. The minimum absolute atomic E-state index is 0.184. The third kappa shape index (κ3) is 5.08. The number of nitrogens with two attached hydrogens (primary N) is 1. The molecule has 34 heavy (non-hydrogen) atoms. The maximum atomic E-state index is 13.4. The molecule has 2 heterocycles. The van der Waals surface area contributed by atoms with Gasteiger partial charge in [0.15, 0.2) is 5.82 Å². The Morgan fingerprint density at radius 2 is 2.03 bits per heavy atom. The monoisotopic (exact) mass is 459 g/mol. The van der Waals surface area contributed by atoms with Crippen molar-refractivity contribution in [3.05, 3.63) is 70.2 Å². The van der Waals surface area contributed by atoms with Crippen LogP contribution < -0.4 is 16.5 Å². The van der Waals surface area contributed by atoms with Crippen LogP contribution in [0.5, 0.6) is 0 Å². The Bertz CT molecular complexity index is 1290. The van der Waals surface area contributed by atoms with Crippen molar-refractivity contribution in [1.82, 2.24) is 25.2 Å². The van der Waals surface area contributed by atoms with Crippen molar-refractivity contribution < 1.29 is 9.59 Å². The molecule has 4 N–H and O–H groups in total. The molecule has 0 saturated carbocycles. The number of nitrogens with one attached hydrogen (secondary N) is 2. The molecule has 0 bridgehead atoms. The van der Waals surface area contributed by atoms with Gasteiger partial charge in [-0.15, -0.1) is 0 Å². The molecule has 3 rings (SSSR count). The Morgan fingerprint density at radius 1 is 1.26 bits per heavy atom. The lowest BCUT2D eigenvalue weighted by Crippen LogP contribution is -2.27. The molecule has 0 spiro atoms. The average molecular weight is 460 g/mol. The fourth-order valence-electron chi connectivity index (χ4n) is 3.38. The van der Waals surface area contributed by atoms with E-state index in [0.29, 0.717) is 41.3 Å². The van der Waals surface area contributed by atoms with E-state index in [-0.39, 0.29) is 11.3 Å². The van der Waals surface area contributed by atoms with Crippen LogP contribution >= 0.6 is 0 Å². The first-order chi connectivity index (χ1) is 16.3. The summed E-state index contributed by atoms with van der Waals surface area (Å²) in [6.07, 6.45) is 2.02. The largest absolute Gasteiger partial charge is 0.355 e. The molecule has 11 nitrogen and oxygen atoms in total. The number of aromatic nitrogens is 3. The molecule has 1 aromatic carbocycles. The molecule has 2 amide bonds. The van der Waals surface area contributed by atoms with E-state index >= 15 is 0 Å². The number of hydrazone groups is 1. The lowest BCUT2D eigenvalue weighted by atomic mass is 10.0. The highest BCUT2D eigenvalue weighted by molar-refractivity contribution is 6.09. The molecule has 3 aromatic rings. The van der Waals surface area contributed by atoms with Crippen LogP contribution in [0.4, 0.5) is 5.69 Å². The van der Waals surface area contributed by atoms with Crippen LogP contribution in [0.2, 0.25) is 0 Å². The number of carbonyl (C=O) groups is 2. The molecule has 0 aliphatic carbocycles. The highest BCUT2D eigenvalue weighted by atomic mass is 16.2. The van der Waals surface area contributed by atoms with E-state index in [1.54, 1.807) is 31.3 Å². The lowest BCUT2D eigenvalue weighted by Gasteiger charge is -2.14. The second-order valence-corrected chi connectivity index (χ2v) is 7.49. The van der Waals surface area contributed by atoms with Crippen molar-refractivity contribution in [3.8, 4) is 11.9 Å². The zero-order chi connectivity index (χ0) is 24.8.